The fourth-order valence-corrected chi connectivity index (χ4v) is 2.08. The molecule has 0 aromatic heterocycles. The monoisotopic (exact) mass is 214 g/mol. The van der Waals surface area contributed by atoms with Crippen LogP contribution in [0.3, 0.4) is 0 Å². The summed E-state index contributed by atoms with van der Waals surface area (Å²) >= 11 is 0. The number of ether oxygens (including phenoxy) is 1. The molecule has 1 heterocycles. The first-order valence-corrected chi connectivity index (χ1v) is 6.05. The molecule has 1 aliphatic rings. The number of nitrogens with zero attached hydrogens (tertiary/aromatic N) is 1. The molecule has 3 nitrogen and oxygen atoms in total. The fourth-order valence-electron chi connectivity index (χ4n) is 2.08. The number of hydrogen-bond acceptors (Lipinski definition) is 3. The molecule has 0 amide bonds. The summed E-state index contributed by atoms with van der Waals surface area (Å²) in [5.74, 6) is 0.712. The molecule has 1 rings (SSSR count). The predicted molar refractivity (Wildman–Crippen MR) is 63.9 cm³/mol. The summed E-state index contributed by atoms with van der Waals surface area (Å²) < 4.78 is 5.43. The van der Waals surface area contributed by atoms with E-state index in [4.69, 9.17) is 10.5 Å². The van der Waals surface area contributed by atoms with Crippen molar-refractivity contribution in [3.05, 3.63) is 0 Å². The van der Waals surface area contributed by atoms with E-state index in [-0.39, 0.29) is 5.60 Å². The average Bonchev–Trinajstić information content (AvgIpc) is 2.27. The zero-order chi connectivity index (χ0) is 11.3. The lowest BCUT2D eigenvalue weighted by atomic mass is 9.97. The molecule has 0 aromatic rings. The molecule has 0 aliphatic carbocycles. The predicted octanol–water partition coefficient (Wildman–Crippen LogP) is 1.47. The molecule has 0 aromatic carbocycles. The Morgan fingerprint density at radius 2 is 2.20 bits per heavy atom. The van der Waals surface area contributed by atoms with Crippen molar-refractivity contribution in [2.24, 2.45) is 11.7 Å². The van der Waals surface area contributed by atoms with E-state index in [0.717, 1.165) is 19.5 Å². The van der Waals surface area contributed by atoms with Crippen molar-refractivity contribution in [1.82, 2.24) is 4.90 Å². The molecule has 3 heteroatoms. The molecular weight excluding hydrogens is 188 g/mol. The van der Waals surface area contributed by atoms with Crippen LogP contribution in [0.2, 0.25) is 0 Å². The van der Waals surface area contributed by atoms with Gasteiger partial charge in [0, 0.05) is 20.2 Å². The van der Waals surface area contributed by atoms with E-state index in [1.807, 2.05) is 0 Å². The highest BCUT2D eigenvalue weighted by molar-refractivity contribution is 4.76. The van der Waals surface area contributed by atoms with Crippen LogP contribution in [0.15, 0.2) is 0 Å². The maximum atomic E-state index is 5.72. The zero-order valence-corrected chi connectivity index (χ0v) is 10.5. The molecule has 1 saturated heterocycles. The van der Waals surface area contributed by atoms with Gasteiger partial charge in [-0.1, -0.05) is 0 Å². The van der Waals surface area contributed by atoms with E-state index >= 15 is 0 Å². The molecule has 1 fully saturated rings. The largest absolute Gasteiger partial charge is 0.379 e. The Bertz CT molecular complexity index is 182. The van der Waals surface area contributed by atoms with E-state index in [1.54, 1.807) is 7.11 Å². The quantitative estimate of drug-likeness (QED) is 0.753. The van der Waals surface area contributed by atoms with Crippen LogP contribution in [0, 0.1) is 5.92 Å². The Morgan fingerprint density at radius 3 is 2.80 bits per heavy atom. The van der Waals surface area contributed by atoms with Crippen LogP contribution < -0.4 is 5.73 Å². The Hall–Kier alpha value is -0.120. The highest BCUT2D eigenvalue weighted by atomic mass is 16.5. The van der Waals surface area contributed by atoms with Crippen molar-refractivity contribution in [1.29, 1.82) is 0 Å². The van der Waals surface area contributed by atoms with Crippen molar-refractivity contribution in [3.63, 3.8) is 0 Å². The molecule has 90 valence electrons. The normalized spacial score (nSPS) is 24.4. The van der Waals surface area contributed by atoms with Gasteiger partial charge < -0.3 is 15.4 Å². The van der Waals surface area contributed by atoms with Crippen molar-refractivity contribution in [2.45, 2.75) is 38.7 Å². The smallest absolute Gasteiger partial charge is 0.0634 e. The number of likely N-dealkylation sites (tertiary alicyclic amines) is 1. The van der Waals surface area contributed by atoms with E-state index in [2.05, 4.69) is 18.7 Å². The minimum Gasteiger partial charge on any atom is -0.379 e. The molecule has 1 unspecified atom stereocenters. The first-order valence-electron chi connectivity index (χ1n) is 6.05. The van der Waals surface area contributed by atoms with Gasteiger partial charge in [-0.25, -0.2) is 0 Å². The molecule has 0 bridgehead atoms. The van der Waals surface area contributed by atoms with Crippen LogP contribution in [0.4, 0.5) is 0 Å². The van der Waals surface area contributed by atoms with Crippen molar-refractivity contribution < 1.29 is 4.74 Å². The summed E-state index contributed by atoms with van der Waals surface area (Å²) in [6.45, 7) is 8.68. The lowest BCUT2D eigenvalue weighted by molar-refractivity contribution is 0.00432. The lowest BCUT2D eigenvalue weighted by Gasteiger charge is -2.34. The van der Waals surface area contributed by atoms with Gasteiger partial charge in [0.05, 0.1) is 5.60 Å². The van der Waals surface area contributed by atoms with E-state index in [9.17, 15) is 0 Å². The standard InChI is InChI=1S/C12H26N2O/c1-12(2,15-3)6-8-14-7-4-5-11(9-13)10-14/h11H,4-10,13H2,1-3H3. The second kappa shape index (κ2) is 5.83. The third kappa shape index (κ3) is 4.49. The summed E-state index contributed by atoms with van der Waals surface area (Å²) in [5, 5.41) is 0. The number of methoxy groups -OCH3 is 1. The molecule has 0 spiro atoms. The van der Waals surface area contributed by atoms with Gasteiger partial charge in [0.25, 0.3) is 0 Å². The van der Waals surface area contributed by atoms with Crippen LogP contribution in [0.25, 0.3) is 0 Å². The van der Waals surface area contributed by atoms with Gasteiger partial charge in [0.1, 0.15) is 0 Å². The second-order valence-electron chi connectivity index (χ2n) is 5.26. The molecule has 2 N–H and O–H groups in total. The molecule has 1 aliphatic heterocycles. The third-order valence-electron chi connectivity index (χ3n) is 3.52. The number of piperidine rings is 1. The van der Waals surface area contributed by atoms with Gasteiger partial charge in [0.2, 0.25) is 0 Å². The summed E-state index contributed by atoms with van der Waals surface area (Å²) in [7, 11) is 1.79. The van der Waals surface area contributed by atoms with Crippen molar-refractivity contribution in [3.8, 4) is 0 Å². The third-order valence-corrected chi connectivity index (χ3v) is 3.52. The van der Waals surface area contributed by atoms with Crippen LogP contribution >= 0.6 is 0 Å². The highest BCUT2D eigenvalue weighted by Crippen LogP contribution is 2.18. The maximum absolute atomic E-state index is 5.72. The number of nitrogens with two attached hydrogens (primary N) is 1. The summed E-state index contributed by atoms with van der Waals surface area (Å²) in [6, 6.07) is 0. The van der Waals surface area contributed by atoms with Crippen LogP contribution in [0.5, 0.6) is 0 Å². The number of hydrogen-bond donors (Lipinski definition) is 1. The van der Waals surface area contributed by atoms with Crippen molar-refractivity contribution >= 4 is 0 Å². The van der Waals surface area contributed by atoms with E-state index in [1.165, 1.54) is 25.9 Å². The first kappa shape index (κ1) is 12.9. The summed E-state index contributed by atoms with van der Waals surface area (Å²) in [6.07, 6.45) is 3.71. The molecule has 15 heavy (non-hydrogen) atoms. The minimum absolute atomic E-state index is 0.00958. The highest BCUT2D eigenvalue weighted by Gasteiger charge is 2.22. The Morgan fingerprint density at radius 1 is 1.47 bits per heavy atom. The second-order valence-corrected chi connectivity index (χ2v) is 5.26. The number of rotatable bonds is 5. The maximum Gasteiger partial charge on any atom is 0.0634 e. The van der Waals surface area contributed by atoms with E-state index < -0.39 is 0 Å². The van der Waals surface area contributed by atoms with Crippen LogP contribution in [-0.4, -0.2) is 43.8 Å². The van der Waals surface area contributed by atoms with Gasteiger partial charge in [-0.05, 0) is 52.1 Å². The van der Waals surface area contributed by atoms with E-state index in [0.29, 0.717) is 5.92 Å². The van der Waals surface area contributed by atoms with Crippen LogP contribution in [0.1, 0.15) is 33.1 Å². The van der Waals surface area contributed by atoms with Crippen molar-refractivity contribution in [2.75, 3.05) is 33.3 Å². The SMILES string of the molecule is COC(C)(C)CCN1CCCC(CN)C1. The van der Waals surface area contributed by atoms with Gasteiger partial charge >= 0.3 is 0 Å². The minimum atomic E-state index is 0.00958. The molecule has 0 saturated carbocycles. The Kier molecular flexibility index (Phi) is 5.03. The van der Waals surface area contributed by atoms with Gasteiger partial charge in [0.15, 0.2) is 0 Å². The summed E-state index contributed by atoms with van der Waals surface area (Å²) in [5.41, 5.74) is 5.73. The molecule has 0 radical (unpaired) electrons. The molecule has 1 atom stereocenters. The van der Waals surface area contributed by atoms with Gasteiger partial charge in [-0.15, -0.1) is 0 Å². The summed E-state index contributed by atoms with van der Waals surface area (Å²) in [4.78, 5) is 2.53. The van der Waals surface area contributed by atoms with Gasteiger partial charge in [-0.3, -0.25) is 0 Å². The Labute approximate surface area is 94.0 Å². The van der Waals surface area contributed by atoms with Crippen LogP contribution in [-0.2, 0) is 4.74 Å². The topological polar surface area (TPSA) is 38.5 Å². The fraction of sp³-hybridized carbons (Fsp3) is 1.00. The Balaban J connectivity index is 2.26. The first-order chi connectivity index (χ1) is 7.07. The zero-order valence-electron chi connectivity index (χ0n) is 10.5. The molecular formula is C12H26N2O. The lowest BCUT2D eigenvalue weighted by Crippen LogP contribution is -2.41. The van der Waals surface area contributed by atoms with Gasteiger partial charge in [-0.2, -0.15) is 0 Å². The average molecular weight is 214 g/mol.